The highest BCUT2D eigenvalue weighted by atomic mass is 35.5. The minimum Gasteiger partial charge on any atom is -0.503 e. The average Bonchev–Trinajstić information content (AvgIpc) is 3.03. The van der Waals surface area contributed by atoms with E-state index in [-0.39, 0.29) is 23.3 Å². The van der Waals surface area contributed by atoms with E-state index in [1.807, 2.05) is 0 Å². The van der Waals surface area contributed by atoms with Crippen LogP contribution in [0.3, 0.4) is 0 Å². The standard InChI is InChI=1S/C17H12ClNO4/c1-21-16-6-10(5-13(18)17(16)20)4-12(8-19)11-2-3-14-15(7-11)23-9-22-14/h2-7,20H,9H2,1H3/b12-4-. The number of benzene rings is 2. The van der Waals surface area contributed by atoms with E-state index in [1.54, 1.807) is 36.4 Å². The van der Waals surface area contributed by atoms with E-state index in [0.717, 1.165) is 0 Å². The second-order valence-corrected chi connectivity index (χ2v) is 5.20. The smallest absolute Gasteiger partial charge is 0.231 e. The average molecular weight is 330 g/mol. The lowest BCUT2D eigenvalue weighted by molar-refractivity contribution is 0.174. The Hall–Kier alpha value is -2.84. The number of phenols is 1. The van der Waals surface area contributed by atoms with Crippen LogP contribution in [0.4, 0.5) is 0 Å². The summed E-state index contributed by atoms with van der Waals surface area (Å²) in [6.45, 7) is 0.176. The van der Waals surface area contributed by atoms with E-state index in [4.69, 9.17) is 25.8 Å². The van der Waals surface area contributed by atoms with Gasteiger partial charge in [-0.25, -0.2) is 0 Å². The first kappa shape index (κ1) is 15.1. The van der Waals surface area contributed by atoms with Gasteiger partial charge in [-0.1, -0.05) is 11.6 Å². The molecule has 2 aromatic rings. The van der Waals surface area contributed by atoms with Gasteiger partial charge in [-0.15, -0.1) is 0 Å². The third-order valence-electron chi connectivity index (χ3n) is 3.39. The van der Waals surface area contributed by atoms with E-state index in [2.05, 4.69) is 6.07 Å². The molecule has 1 aliphatic heterocycles. The van der Waals surface area contributed by atoms with E-state index < -0.39 is 0 Å². The van der Waals surface area contributed by atoms with Crippen LogP contribution < -0.4 is 14.2 Å². The maximum absolute atomic E-state index is 9.76. The fourth-order valence-corrected chi connectivity index (χ4v) is 2.46. The topological polar surface area (TPSA) is 71.7 Å². The lowest BCUT2D eigenvalue weighted by Gasteiger charge is -2.07. The van der Waals surface area contributed by atoms with E-state index in [9.17, 15) is 10.4 Å². The number of hydrogen-bond donors (Lipinski definition) is 1. The van der Waals surface area contributed by atoms with Gasteiger partial charge in [-0.05, 0) is 47.5 Å². The Morgan fingerprint density at radius 3 is 2.83 bits per heavy atom. The van der Waals surface area contributed by atoms with Gasteiger partial charge in [-0.3, -0.25) is 0 Å². The van der Waals surface area contributed by atoms with Crippen molar-refractivity contribution in [3.63, 3.8) is 0 Å². The highest BCUT2D eigenvalue weighted by Gasteiger charge is 2.15. The summed E-state index contributed by atoms with van der Waals surface area (Å²) in [5, 5.41) is 19.4. The largest absolute Gasteiger partial charge is 0.503 e. The number of methoxy groups -OCH3 is 1. The summed E-state index contributed by atoms with van der Waals surface area (Å²) in [7, 11) is 1.43. The van der Waals surface area contributed by atoms with Crippen LogP contribution in [0.15, 0.2) is 30.3 Å². The number of fused-ring (bicyclic) bond motifs is 1. The first-order chi connectivity index (χ1) is 11.1. The van der Waals surface area contributed by atoms with E-state index in [0.29, 0.717) is 28.2 Å². The highest BCUT2D eigenvalue weighted by molar-refractivity contribution is 6.32. The summed E-state index contributed by atoms with van der Waals surface area (Å²) in [4.78, 5) is 0. The van der Waals surface area contributed by atoms with Crippen molar-refractivity contribution in [2.24, 2.45) is 0 Å². The first-order valence-corrected chi connectivity index (χ1v) is 7.08. The Bertz CT molecular complexity index is 839. The van der Waals surface area contributed by atoms with Crippen LogP contribution in [-0.2, 0) is 0 Å². The molecule has 0 bridgehead atoms. The van der Waals surface area contributed by atoms with Gasteiger partial charge in [0.1, 0.15) is 0 Å². The van der Waals surface area contributed by atoms with Gasteiger partial charge < -0.3 is 19.3 Å². The summed E-state index contributed by atoms with van der Waals surface area (Å²) in [5.41, 5.74) is 1.76. The number of halogens is 1. The van der Waals surface area contributed by atoms with Gasteiger partial charge >= 0.3 is 0 Å². The number of ether oxygens (including phenoxy) is 3. The summed E-state index contributed by atoms with van der Waals surface area (Å²) in [6, 6.07) is 10.6. The summed E-state index contributed by atoms with van der Waals surface area (Å²) >= 11 is 5.97. The van der Waals surface area contributed by atoms with Gasteiger partial charge in [-0.2, -0.15) is 5.26 Å². The zero-order valence-electron chi connectivity index (χ0n) is 12.2. The fourth-order valence-electron chi connectivity index (χ4n) is 2.24. The predicted octanol–water partition coefficient (Wildman–Crippen LogP) is 3.85. The second kappa shape index (κ2) is 6.11. The molecule has 116 valence electrons. The van der Waals surface area contributed by atoms with Gasteiger partial charge in [0, 0.05) is 0 Å². The number of rotatable bonds is 3. The van der Waals surface area contributed by atoms with Gasteiger partial charge in [0.25, 0.3) is 0 Å². The van der Waals surface area contributed by atoms with Crippen LogP contribution in [0.25, 0.3) is 11.6 Å². The molecule has 5 nitrogen and oxygen atoms in total. The Morgan fingerprint density at radius 2 is 2.09 bits per heavy atom. The number of allylic oxidation sites excluding steroid dienone is 1. The van der Waals surface area contributed by atoms with Crippen LogP contribution in [0.1, 0.15) is 11.1 Å². The van der Waals surface area contributed by atoms with Crippen molar-refractivity contribution in [2.75, 3.05) is 13.9 Å². The van der Waals surface area contributed by atoms with Crippen LogP contribution in [0.2, 0.25) is 5.02 Å². The molecule has 3 rings (SSSR count). The van der Waals surface area contributed by atoms with Crippen molar-refractivity contribution >= 4 is 23.3 Å². The number of phenolic OH excluding ortho intramolecular Hbond substituents is 1. The molecule has 2 aromatic carbocycles. The Balaban J connectivity index is 2.03. The molecule has 0 unspecified atom stereocenters. The zero-order chi connectivity index (χ0) is 16.4. The molecular weight excluding hydrogens is 318 g/mol. The molecule has 0 aromatic heterocycles. The molecule has 23 heavy (non-hydrogen) atoms. The Morgan fingerprint density at radius 1 is 1.30 bits per heavy atom. The molecule has 0 fully saturated rings. The number of aromatic hydroxyl groups is 1. The summed E-state index contributed by atoms with van der Waals surface area (Å²) < 4.78 is 15.6. The molecule has 1 N–H and O–H groups in total. The van der Waals surface area contributed by atoms with Crippen LogP contribution in [0.5, 0.6) is 23.0 Å². The van der Waals surface area contributed by atoms with Gasteiger partial charge in [0.05, 0.1) is 23.8 Å². The lowest BCUT2D eigenvalue weighted by atomic mass is 10.0. The van der Waals surface area contributed by atoms with Crippen molar-refractivity contribution in [3.05, 3.63) is 46.5 Å². The van der Waals surface area contributed by atoms with Crippen molar-refractivity contribution < 1.29 is 19.3 Å². The molecule has 1 aliphatic rings. The predicted molar refractivity (Wildman–Crippen MR) is 85.7 cm³/mol. The van der Waals surface area contributed by atoms with E-state index >= 15 is 0 Å². The lowest BCUT2D eigenvalue weighted by Crippen LogP contribution is -1.92. The van der Waals surface area contributed by atoms with Crippen molar-refractivity contribution in [1.29, 1.82) is 5.26 Å². The number of nitriles is 1. The van der Waals surface area contributed by atoms with Crippen molar-refractivity contribution in [3.8, 4) is 29.1 Å². The molecule has 0 amide bonds. The molecule has 0 spiro atoms. The van der Waals surface area contributed by atoms with Crippen molar-refractivity contribution in [2.45, 2.75) is 0 Å². The maximum atomic E-state index is 9.76. The normalized spacial score (nSPS) is 12.8. The second-order valence-electron chi connectivity index (χ2n) is 4.79. The molecular formula is C17H12ClNO4. The summed E-state index contributed by atoms with van der Waals surface area (Å²) in [6.07, 6.45) is 1.66. The van der Waals surface area contributed by atoms with Crippen LogP contribution in [-0.4, -0.2) is 19.0 Å². The number of nitrogens with zero attached hydrogens (tertiary/aromatic N) is 1. The maximum Gasteiger partial charge on any atom is 0.231 e. The molecule has 0 atom stereocenters. The fraction of sp³-hybridized carbons (Fsp3) is 0.118. The minimum absolute atomic E-state index is 0.132. The zero-order valence-corrected chi connectivity index (χ0v) is 12.9. The molecule has 0 radical (unpaired) electrons. The minimum atomic E-state index is -0.132. The Labute approximate surface area is 137 Å². The van der Waals surface area contributed by atoms with Crippen molar-refractivity contribution in [1.82, 2.24) is 0 Å². The first-order valence-electron chi connectivity index (χ1n) is 6.70. The SMILES string of the molecule is COc1cc(/C=C(/C#N)c2ccc3c(c2)OCO3)cc(Cl)c1O. The number of hydrogen-bond acceptors (Lipinski definition) is 5. The Kier molecular flexibility index (Phi) is 4.00. The molecule has 0 saturated carbocycles. The van der Waals surface area contributed by atoms with Crippen LogP contribution >= 0.6 is 11.6 Å². The monoisotopic (exact) mass is 329 g/mol. The molecule has 6 heteroatoms. The van der Waals surface area contributed by atoms with Gasteiger partial charge in [0.15, 0.2) is 23.0 Å². The van der Waals surface area contributed by atoms with Gasteiger partial charge in [0.2, 0.25) is 6.79 Å². The summed E-state index contributed by atoms with van der Waals surface area (Å²) in [5.74, 6) is 1.37. The third kappa shape index (κ3) is 2.89. The molecule has 1 heterocycles. The molecule has 0 saturated heterocycles. The van der Waals surface area contributed by atoms with E-state index in [1.165, 1.54) is 7.11 Å². The molecule has 0 aliphatic carbocycles. The third-order valence-corrected chi connectivity index (χ3v) is 3.67. The quantitative estimate of drug-likeness (QED) is 0.684. The highest BCUT2D eigenvalue weighted by Crippen LogP contribution is 2.37. The van der Waals surface area contributed by atoms with Crippen LogP contribution in [0, 0.1) is 11.3 Å².